The van der Waals surface area contributed by atoms with Crippen molar-refractivity contribution in [3.8, 4) is 17.1 Å². The number of hydrogen-bond donors (Lipinski definition) is 2. The molecular weight excluding hydrogens is 342 g/mol. The number of ether oxygens (including phenoxy) is 1. The Kier molecular flexibility index (Phi) is 5.49. The number of fused-ring (bicyclic) bond motifs is 1. The summed E-state index contributed by atoms with van der Waals surface area (Å²) in [5, 5.41) is 0. The molecule has 7 heteroatoms. The van der Waals surface area contributed by atoms with Crippen LogP contribution in [0.15, 0.2) is 30.6 Å². The molecule has 3 heterocycles. The van der Waals surface area contributed by atoms with E-state index in [2.05, 4.69) is 28.8 Å². The maximum atomic E-state index is 11.0. The van der Waals surface area contributed by atoms with E-state index in [-0.39, 0.29) is 0 Å². The lowest BCUT2D eigenvalue weighted by molar-refractivity contribution is -0.113. The third-order valence-corrected chi connectivity index (χ3v) is 4.28. The van der Waals surface area contributed by atoms with Gasteiger partial charge in [-0.1, -0.05) is 20.3 Å². The monoisotopic (exact) mass is 365 g/mol. The molecule has 0 radical (unpaired) electrons. The summed E-state index contributed by atoms with van der Waals surface area (Å²) in [7, 11) is 0. The maximum Gasteiger partial charge on any atom is 0.241 e. The minimum atomic E-state index is -0.513. The molecule has 3 rings (SSSR count). The first kappa shape index (κ1) is 18.6. The van der Waals surface area contributed by atoms with E-state index in [1.165, 1.54) is 6.08 Å². The zero-order valence-electron chi connectivity index (χ0n) is 15.7. The molecule has 0 spiro atoms. The summed E-state index contributed by atoms with van der Waals surface area (Å²) >= 11 is 0. The average Bonchev–Trinajstić information content (AvgIpc) is 3.06. The van der Waals surface area contributed by atoms with Crippen molar-refractivity contribution in [3.05, 3.63) is 41.9 Å². The molecule has 0 bridgehead atoms. The number of aromatic amines is 1. The van der Waals surface area contributed by atoms with E-state index in [0.717, 1.165) is 23.2 Å². The van der Waals surface area contributed by atoms with Gasteiger partial charge in [0, 0.05) is 35.2 Å². The lowest BCUT2D eigenvalue weighted by Crippen LogP contribution is -2.08. The Labute approximate surface area is 157 Å². The Morgan fingerprint density at radius 1 is 1.37 bits per heavy atom. The van der Waals surface area contributed by atoms with Crippen LogP contribution in [-0.2, 0) is 4.79 Å². The molecular formula is C20H23N5O2. The number of nitrogens with zero attached hydrogens (tertiary/aromatic N) is 3. The number of carbonyl (C=O) groups is 1. The van der Waals surface area contributed by atoms with Crippen LogP contribution in [0.4, 0.5) is 0 Å². The number of rotatable bonds is 7. The van der Waals surface area contributed by atoms with Gasteiger partial charge in [-0.2, -0.15) is 0 Å². The van der Waals surface area contributed by atoms with Crippen molar-refractivity contribution in [1.82, 2.24) is 19.9 Å². The van der Waals surface area contributed by atoms with Crippen LogP contribution >= 0.6 is 0 Å². The summed E-state index contributed by atoms with van der Waals surface area (Å²) in [6.45, 7) is 6.82. The first-order chi connectivity index (χ1) is 13.0. The molecule has 0 aliphatic carbocycles. The summed E-state index contributed by atoms with van der Waals surface area (Å²) in [5.41, 5.74) is 9.65. The van der Waals surface area contributed by atoms with E-state index in [4.69, 9.17) is 15.5 Å². The summed E-state index contributed by atoms with van der Waals surface area (Å²) in [6.07, 6.45) is 7.42. The van der Waals surface area contributed by atoms with Gasteiger partial charge in [0.05, 0.1) is 18.5 Å². The molecule has 0 unspecified atom stereocenters. The topological polar surface area (TPSA) is 107 Å². The minimum Gasteiger partial charge on any atom is -0.477 e. The fourth-order valence-electron chi connectivity index (χ4n) is 2.55. The number of H-pyrrole nitrogens is 1. The first-order valence-electron chi connectivity index (χ1n) is 8.89. The summed E-state index contributed by atoms with van der Waals surface area (Å²) in [6, 6.07) is 3.81. The molecule has 0 fully saturated rings. The quantitative estimate of drug-likeness (QED) is 0.625. The van der Waals surface area contributed by atoms with Crippen LogP contribution in [0.3, 0.4) is 0 Å². The predicted molar refractivity (Wildman–Crippen MR) is 105 cm³/mol. The summed E-state index contributed by atoms with van der Waals surface area (Å²) in [5.74, 6) is 0.530. The second-order valence-corrected chi connectivity index (χ2v) is 6.59. The smallest absolute Gasteiger partial charge is 0.241 e. The number of pyridine rings is 1. The van der Waals surface area contributed by atoms with Gasteiger partial charge < -0.3 is 15.5 Å². The Hall–Kier alpha value is -3.22. The van der Waals surface area contributed by atoms with Gasteiger partial charge in [-0.15, -0.1) is 0 Å². The van der Waals surface area contributed by atoms with Gasteiger partial charge in [-0.05, 0) is 25.0 Å². The highest BCUT2D eigenvalue weighted by atomic mass is 16.5. The minimum absolute atomic E-state index is 0.464. The van der Waals surface area contributed by atoms with Crippen LogP contribution in [0.25, 0.3) is 28.5 Å². The van der Waals surface area contributed by atoms with E-state index < -0.39 is 5.91 Å². The number of carbonyl (C=O) groups excluding carboxylic acids is 1. The van der Waals surface area contributed by atoms with E-state index >= 15 is 0 Å². The Balaban J connectivity index is 1.95. The van der Waals surface area contributed by atoms with Crippen molar-refractivity contribution >= 4 is 23.1 Å². The number of nitrogens with one attached hydrogen (secondary N) is 1. The van der Waals surface area contributed by atoms with Gasteiger partial charge >= 0.3 is 0 Å². The summed E-state index contributed by atoms with van der Waals surface area (Å²) in [4.78, 5) is 27.6. The molecule has 0 saturated heterocycles. The van der Waals surface area contributed by atoms with Crippen LogP contribution in [0.1, 0.15) is 31.5 Å². The molecule has 3 aromatic heterocycles. The predicted octanol–water partition coefficient (Wildman–Crippen LogP) is 3.25. The van der Waals surface area contributed by atoms with Crippen molar-refractivity contribution in [2.75, 3.05) is 6.61 Å². The van der Waals surface area contributed by atoms with E-state index in [9.17, 15) is 4.79 Å². The number of amides is 1. The number of aromatic nitrogens is 4. The van der Waals surface area contributed by atoms with Gasteiger partial charge in [-0.25, -0.2) is 15.0 Å². The number of primary amides is 1. The van der Waals surface area contributed by atoms with Crippen LogP contribution < -0.4 is 10.5 Å². The normalized spacial score (nSPS) is 12.6. The van der Waals surface area contributed by atoms with Gasteiger partial charge in [0.25, 0.3) is 0 Å². The second-order valence-electron chi connectivity index (χ2n) is 6.59. The molecule has 0 aliphatic heterocycles. The number of aryl methyl sites for hydroxylation is 1. The number of nitrogens with two attached hydrogens (primary N) is 1. The third-order valence-electron chi connectivity index (χ3n) is 4.28. The molecule has 140 valence electrons. The van der Waals surface area contributed by atoms with Gasteiger partial charge in [0.15, 0.2) is 5.65 Å². The van der Waals surface area contributed by atoms with Crippen molar-refractivity contribution < 1.29 is 9.53 Å². The third kappa shape index (κ3) is 4.49. The highest BCUT2D eigenvalue weighted by molar-refractivity contribution is 5.93. The molecule has 0 saturated carbocycles. The summed E-state index contributed by atoms with van der Waals surface area (Å²) < 4.78 is 5.83. The fourth-order valence-corrected chi connectivity index (χ4v) is 2.55. The van der Waals surface area contributed by atoms with Gasteiger partial charge in [0.2, 0.25) is 11.8 Å². The first-order valence-corrected chi connectivity index (χ1v) is 8.89. The molecule has 3 N–H and O–H groups in total. The Morgan fingerprint density at radius 3 is 2.93 bits per heavy atom. The van der Waals surface area contributed by atoms with Gasteiger partial charge in [-0.3, -0.25) is 4.79 Å². The molecule has 3 aromatic rings. The average molecular weight is 365 g/mol. The zero-order valence-corrected chi connectivity index (χ0v) is 15.7. The Morgan fingerprint density at radius 2 is 2.19 bits per heavy atom. The molecule has 0 aromatic carbocycles. The largest absolute Gasteiger partial charge is 0.477 e. The molecule has 27 heavy (non-hydrogen) atoms. The van der Waals surface area contributed by atoms with E-state index in [1.54, 1.807) is 18.5 Å². The number of hydrogen-bond acceptors (Lipinski definition) is 5. The standard InChI is InChI=1S/C20H23N5O2/c1-4-12(2)11-27-18-8-15(7-13(3)24-18)16-10-23-20-19(25-16)14(9-22-20)5-6-17(21)26/h5-10,12H,4,11H2,1-3H3,(H2,21,26)(H,22,23)/b6-5+/t12-/m0/s1. The molecule has 1 amide bonds. The maximum absolute atomic E-state index is 11.0. The van der Waals surface area contributed by atoms with Crippen molar-refractivity contribution in [2.45, 2.75) is 27.2 Å². The second kappa shape index (κ2) is 7.99. The highest BCUT2D eigenvalue weighted by Crippen LogP contribution is 2.25. The zero-order chi connectivity index (χ0) is 19.4. The molecule has 7 nitrogen and oxygen atoms in total. The van der Waals surface area contributed by atoms with Crippen molar-refractivity contribution in [1.29, 1.82) is 0 Å². The van der Waals surface area contributed by atoms with Crippen molar-refractivity contribution in [3.63, 3.8) is 0 Å². The molecule has 0 aliphatic rings. The molecule has 1 atom stereocenters. The lowest BCUT2D eigenvalue weighted by atomic mass is 10.1. The van der Waals surface area contributed by atoms with E-state index in [1.807, 2.05) is 19.1 Å². The van der Waals surface area contributed by atoms with Crippen LogP contribution in [-0.4, -0.2) is 32.4 Å². The van der Waals surface area contributed by atoms with Crippen LogP contribution in [0.5, 0.6) is 5.88 Å². The SMILES string of the molecule is CC[C@H](C)COc1cc(-c2cnc3[nH]cc(/C=C/C(N)=O)c3n2)cc(C)n1. The highest BCUT2D eigenvalue weighted by Gasteiger charge is 2.10. The van der Waals surface area contributed by atoms with Crippen molar-refractivity contribution in [2.24, 2.45) is 11.7 Å². The van der Waals surface area contributed by atoms with Crippen LogP contribution in [0, 0.1) is 12.8 Å². The lowest BCUT2D eigenvalue weighted by Gasteiger charge is -2.12. The van der Waals surface area contributed by atoms with Gasteiger partial charge in [0.1, 0.15) is 5.52 Å². The van der Waals surface area contributed by atoms with E-state index in [0.29, 0.717) is 35.3 Å². The van der Waals surface area contributed by atoms with Crippen LogP contribution in [0.2, 0.25) is 0 Å². The Bertz CT molecular complexity index is 993. The fraction of sp³-hybridized carbons (Fsp3) is 0.300.